The largest absolute Gasteiger partial charge is 0.396 e. The summed E-state index contributed by atoms with van der Waals surface area (Å²) in [7, 11) is 0. The van der Waals surface area contributed by atoms with E-state index in [1.165, 1.54) is 12.8 Å². The highest BCUT2D eigenvalue weighted by Crippen LogP contribution is 2.31. The van der Waals surface area contributed by atoms with Gasteiger partial charge in [-0.05, 0) is 43.4 Å². The highest BCUT2D eigenvalue weighted by atomic mass is 16.3. The van der Waals surface area contributed by atoms with E-state index in [0.717, 1.165) is 19.0 Å². The summed E-state index contributed by atoms with van der Waals surface area (Å²) in [4.78, 5) is 16.7. The summed E-state index contributed by atoms with van der Waals surface area (Å²) >= 11 is 0. The van der Waals surface area contributed by atoms with Crippen molar-refractivity contribution in [1.29, 1.82) is 5.26 Å². The van der Waals surface area contributed by atoms with Crippen LogP contribution in [0.15, 0.2) is 24.3 Å². The lowest BCUT2D eigenvalue weighted by molar-refractivity contribution is 0.0739. The number of piperazine rings is 1. The first kappa shape index (κ1) is 16.7. The number of rotatable bonds is 5. The number of aliphatic hydroxyl groups excluding tert-OH is 1. The van der Waals surface area contributed by atoms with Gasteiger partial charge in [-0.15, -0.1) is 0 Å². The van der Waals surface area contributed by atoms with Crippen molar-refractivity contribution < 1.29 is 9.90 Å². The summed E-state index contributed by atoms with van der Waals surface area (Å²) in [5.74, 6) is 0.806. The molecule has 0 bridgehead atoms. The van der Waals surface area contributed by atoms with Gasteiger partial charge in [0.25, 0.3) is 0 Å². The van der Waals surface area contributed by atoms with E-state index < -0.39 is 0 Å². The third kappa shape index (κ3) is 4.25. The lowest BCUT2D eigenvalue weighted by atomic mass is 10.1. The Bertz CT molecular complexity index is 624. The zero-order chi connectivity index (χ0) is 16.9. The molecule has 2 aliphatic rings. The summed E-state index contributed by atoms with van der Waals surface area (Å²) in [6.07, 6.45) is 3.31. The van der Waals surface area contributed by atoms with Crippen molar-refractivity contribution in [2.45, 2.75) is 25.3 Å². The van der Waals surface area contributed by atoms with Gasteiger partial charge in [0.1, 0.15) is 0 Å². The third-order valence-electron chi connectivity index (χ3n) is 4.79. The maximum atomic E-state index is 12.5. The van der Waals surface area contributed by atoms with Crippen LogP contribution in [0.4, 0.5) is 10.5 Å². The van der Waals surface area contributed by atoms with Crippen molar-refractivity contribution >= 4 is 11.7 Å². The highest BCUT2D eigenvalue weighted by Gasteiger charge is 2.33. The van der Waals surface area contributed by atoms with Crippen LogP contribution in [0.5, 0.6) is 0 Å². The van der Waals surface area contributed by atoms with Crippen molar-refractivity contribution in [3.63, 3.8) is 0 Å². The second-order valence-corrected chi connectivity index (χ2v) is 6.67. The Balaban J connectivity index is 1.59. The van der Waals surface area contributed by atoms with Gasteiger partial charge in [-0.3, -0.25) is 4.90 Å². The molecule has 1 aliphatic carbocycles. The van der Waals surface area contributed by atoms with Crippen molar-refractivity contribution in [1.82, 2.24) is 9.80 Å². The molecule has 1 aromatic carbocycles. The van der Waals surface area contributed by atoms with Crippen LogP contribution in [-0.2, 0) is 0 Å². The summed E-state index contributed by atoms with van der Waals surface area (Å²) < 4.78 is 0. The van der Waals surface area contributed by atoms with E-state index >= 15 is 0 Å². The number of carbonyl (C=O) groups excluding carboxylic acids is 1. The molecule has 1 heterocycles. The van der Waals surface area contributed by atoms with Crippen LogP contribution < -0.4 is 5.32 Å². The smallest absolute Gasteiger partial charge is 0.321 e. The average molecular weight is 328 g/mol. The first-order valence-electron chi connectivity index (χ1n) is 8.60. The first-order chi connectivity index (χ1) is 11.7. The quantitative estimate of drug-likeness (QED) is 0.865. The number of carbonyl (C=O) groups is 1. The maximum absolute atomic E-state index is 12.5. The average Bonchev–Trinajstić information content (AvgIpc) is 3.41. The molecule has 1 aromatic rings. The van der Waals surface area contributed by atoms with Crippen LogP contribution in [-0.4, -0.2) is 59.8 Å². The van der Waals surface area contributed by atoms with E-state index in [9.17, 15) is 9.90 Å². The molecule has 0 unspecified atom stereocenters. The molecule has 3 rings (SSSR count). The number of nitriles is 1. The number of benzene rings is 1. The Morgan fingerprint density at radius 3 is 2.92 bits per heavy atom. The molecule has 1 atom stereocenters. The number of hydrogen-bond acceptors (Lipinski definition) is 4. The highest BCUT2D eigenvalue weighted by molar-refractivity contribution is 5.89. The fourth-order valence-corrected chi connectivity index (χ4v) is 3.24. The van der Waals surface area contributed by atoms with E-state index in [-0.39, 0.29) is 18.7 Å². The number of amides is 2. The van der Waals surface area contributed by atoms with Crippen molar-refractivity contribution in [2.75, 3.05) is 38.1 Å². The molecular weight excluding hydrogens is 304 g/mol. The molecule has 0 aromatic heterocycles. The Labute approximate surface area is 142 Å². The molecule has 2 N–H and O–H groups in total. The van der Waals surface area contributed by atoms with Gasteiger partial charge in [-0.25, -0.2) is 4.79 Å². The number of nitrogens with zero attached hydrogens (tertiary/aromatic N) is 3. The maximum Gasteiger partial charge on any atom is 0.321 e. The van der Waals surface area contributed by atoms with Gasteiger partial charge >= 0.3 is 6.03 Å². The number of urea groups is 1. The minimum absolute atomic E-state index is 0.140. The van der Waals surface area contributed by atoms with E-state index in [1.807, 2.05) is 4.90 Å². The first-order valence-corrected chi connectivity index (χ1v) is 8.60. The minimum atomic E-state index is -0.140. The summed E-state index contributed by atoms with van der Waals surface area (Å²) in [5, 5.41) is 21.1. The Morgan fingerprint density at radius 1 is 1.38 bits per heavy atom. The van der Waals surface area contributed by atoms with E-state index in [4.69, 9.17) is 5.26 Å². The summed E-state index contributed by atoms with van der Waals surface area (Å²) in [6, 6.07) is 9.09. The molecule has 24 heavy (non-hydrogen) atoms. The predicted octanol–water partition coefficient (Wildman–Crippen LogP) is 1.87. The molecule has 128 valence electrons. The molecule has 2 amide bonds. The van der Waals surface area contributed by atoms with Gasteiger partial charge in [0, 0.05) is 44.5 Å². The number of nitrogens with one attached hydrogen (secondary N) is 1. The van der Waals surface area contributed by atoms with Crippen LogP contribution in [0.2, 0.25) is 0 Å². The van der Waals surface area contributed by atoms with Crippen molar-refractivity contribution in [3.8, 4) is 6.07 Å². The van der Waals surface area contributed by atoms with Gasteiger partial charge in [0.15, 0.2) is 0 Å². The number of hydrogen-bond donors (Lipinski definition) is 2. The second kappa shape index (κ2) is 7.65. The standard InChI is InChI=1S/C18H24N4O2/c19-11-15-2-1-3-16(10-15)20-18(24)22-8-7-21(12-14-4-5-14)17(13-22)6-9-23/h1-3,10,14,17,23H,4-9,12-13H2,(H,20,24)/t17-/m1/s1. The molecule has 1 aliphatic heterocycles. The number of anilines is 1. The van der Waals surface area contributed by atoms with Gasteiger partial charge in [0.2, 0.25) is 0 Å². The normalized spacial score (nSPS) is 21.3. The Morgan fingerprint density at radius 2 is 2.21 bits per heavy atom. The molecule has 1 saturated heterocycles. The molecule has 2 fully saturated rings. The van der Waals surface area contributed by atoms with Crippen molar-refractivity contribution in [3.05, 3.63) is 29.8 Å². The van der Waals surface area contributed by atoms with Crippen LogP contribution in [0.1, 0.15) is 24.8 Å². The predicted molar refractivity (Wildman–Crippen MR) is 91.5 cm³/mol. The van der Waals surface area contributed by atoms with Gasteiger partial charge in [-0.1, -0.05) is 6.07 Å². The Hall–Kier alpha value is -2.10. The SMILES string of the molecule is N#Cc1cccc(NC(=O)N2CCN(CC3CC3)[C@H](CCO)C2)c1. The molecule has 6 heteroatoms. The van der Waals surface area contributed by atoms with Crippen LogP contribution >= 0.6 is 0 Å². The Kier molecular flexibility index (Phi) is 5.34. The summed E-state index contributed by atoms with van der Waals surface area (Å²) in [5.41, 5.74) is 1.17. The zero-order valence-corrected chi connectivity index (χ0v) is 13.8. The molecule has 6 nitrogen and oxygen atoms in total. The monoisotopic (exact) mass is 328 g/mol. The third-order valence-corrected chi connectivity index (χ3v) is 4.79. The fourth-order valence-electron chi connectivity index (χ4n) is 3.24. The topological polar surface area (TPSA) is 79.6 Å². The molecule has 0 radical (unpaired) electrons. The molecular formula is C18H24N4O2. The van der Waals surface area contributed by atoms with Gasteiger partial charge in [-0.2, -0.15) is 5.26 Å². The molecule has 1 saturated carbocycles. The lowest BCUT2D eigenvalue weighted by Crippen LogP contribution is -2.56. The van der Waals surface area contributed by atoms with E-state index in [0.29, 0.717) is 30.8 Å². The van der Waals surface area contributed by atoms with Crippen LogP contribution in [0.25, 0.3) is 0 Å². The molecule has 0 spiro atoms. The van der Waals surface area contributed by atoms with Gasteiger partial charge in [0.05, 0.1) is 11.6 Å². The van der Waals surface area contributed by atoms with Gasteiger partial charge < -0.3 is 15.3 Å². The number of aliphatic hydroxyl groups is 1. The fraction of sp³-hybridized carbons (Fsp3) is 0.556. The van der Waals surface area contributed by atoms with Crippen LogP contribution in [0.3, 0.4) is 0 Å². The van der Waals surface area contributed by atoms with Crippen molar-refractivity contribution in [2.24, 2.45) is 5.92 Å². The minimum Gasteiger partial charge on any atom is -0.396 e. The van der Waals surface area contributed by atoms with E-state index in [1.54, 1.807) is 24.3 Å². The second-order valence-electron chi connectivity index (χ2n) is 6.67. The van der Waals surface area contributed by atoms with E-state index in [2.05, 4.69) is 16.3 Å². The summed E-state index contributed by atoms with van der Waals surface area (Å²) in [6.45, 7) is 3.41. The van der Waals surface area contributed by atoms with Crippen LogP contribution in [0, 0.1) is 17.2 Å². The lowest BCUT2D eigenvalue weighted by Gasteiger charge is -2.41. The zero-order valence-electron chi connectivity index (χ0n) is 13.8.